The molecular weight excluding hydrogens is 296 g/mol. The highest BCUT2D eigenvalue weighted by Gasteiger charge is 2.42. The molecule has 1 nitrogen and oxygen atoms in total. The first kappa shape index (κ1) is 14.8. The van der Waals surface area contributed by atoms with Crippen molar-refractivity contribution in [3.8, 4) is 0 Å². The minimum absolute atomic E-state index is 0.529. The van der Waals surface area contributed by atoms with Crippen molar-refractivity contribution in [2.75, 3.05) is 12.5 Å². The molecule has 0 fully saturated rings. The van der Waals surface area contributed by atoms with E-state index in [1.807, 2.05) is 18.2 Å². The van der Waals surface area contributed by atoms with E-state index in [1.165, 1.54) is 15.0 Å². The minimum atomic E-state index is -0.966. The van der Waals surface area contributed by atoms with Gasteiger partial charge < -0.3 is 5.11 Å². The summed E-state index contributed by atoms with van der Waals surface area (Å²) in [5.74, 6) is 0. The van der Waals surface area contributed by atoms with Crippen LogP contribution in [0.4, 0.5) is 0 Å². The third kappa shape index (κ3) is 2.07. The van der Waals surface area contributed by atoms with Gasteiger partial charge in [0.2, 0.25) is 0 Å². The Morgan fingerprint density at radius 3 is 2.48 bits per heavy atom. The van der Waals surface area contributed by atoms with Gasteiger partial charge in [0.15, 0.2) is 0 Å². The standard InChI is InChI=1S/C18H18OS2/c1-4-11-18(19)14-10-6-8-12-7-5-9-13(15(12)14)16(18)17(20-2)21-3/h4-10,19H,1,11H2,2-3H3. The topological polar surface area (TPSA) is 20.2 Å². The molecule has 21 heavy (non-hydrogen) atoms. The van der Waals surface area contributed by atoms with Gasteiger partial charge in [0.25, 0.3) is 0 Å². The molecule has 1 atom stereocenters. The molecule has 0 radical (unpaired) electrons. The predicted molar refractivity (Wildman–Crippen MR) is 96.6 cm³/mol. The Kier molecular flexibility index (Phi) is 3.91. The van der Waals surface area contributed by atoms with Gasteiger partial charge in [-0.15, -0.1) is 30.1 Å². The average molecular weight is 314 g/mol. The molecule has 0 aromatic heterocycles. The van der Waals surface area contributed by atoms with E-state index in [0.29, 0.717) is 6.42 Å². The van der Waals surface area contributed by atoms with Crippen molar-refractivity contribution in [2.45, 2.75) is 12.0 Å². The molecule has 0 amide bonds. The number of aliphatic hydroxyl groups is 1. The first-order chi connectivity index (χ1) is 10.2. The maximum absolute atomic E-state index is 11.5. The SMILES string of the molecule is C=CCC1(O)C(=C(SC)SC)c2cccc3cccc1c23. The van der Waals surface area contributed by atoms with Crippen molar-refractivity contribution in [2.24, 2.45) is 0 Å². The average Bonchev–Trinajstić information content (AvgIpc) is 2.74. The maximum atomic E-state index is 11.5. The van der Waals surface area contributed by atoms with E-state index in [9.17, 15) is 5.11 Å². The van der Waals surface area contributed by atoms with Crippen molar-refractivity contribution >= 4 is 39.9 Å². The van der Waals surface area contributed by atoms with Gasteiger partial charge in [0.1, 0.15) is 5.60 Å². The number of benzene rings is 2. The van der Waals surface area contributed by atoms with E-state index >= 15 is 0 Å². The largest absolute Gasteiger partial charge is 0.380 e. The molecule has 3 heteroatoms. The molecule has 2 aromatic carbocycles. The zero-order valence-electron chi connectivity index (χ0n) is 12.2. The Hall–Kier alpha value is -1.16. The molecule has 3 rings (SSSR count). The van der Waals surface area contributed by atoms with E-state index in [1.54, 1.807) is 23.5 Å². The van der Waals surface area contributed by atoms with Crippen LogP contribution >= 0.6 is 23.5 Å². The summed E-state index contributed by atoms with van der Waals surface area (Å²) in [4.78, 5) is 0. The lowest BCUT2D eigenvalue weighted by Gasteiger charge is -2.27. The molecule has 1 aliphatic rings. The highest BCUT2D eigenvalue weighted by molar-refractivity contribution is 8.21. The smallest absolute Gasteiger partial charge is 0.121 e. The van der Waals surface area contributed by atoms with Crippen molar-refractivity contribution in [3.63, 3.8) is 0 Å². The predicted octanol–water partition coefficient (Wildman–Crippen LogP) is 5.01. The summed E-state index contributed by atoms with van der Waals surface area (Å²) >= 11 is 3.40. The molecule has 0 aliphatic heterocycles. The fourth-order valence-electron chi connectivity index (χ4n) is 3.24. The molecule has 0 saturated carbocycles. The molecule has 108 valence electrons. The lowest BCUT2D eigenvalue weighted by Crippen LogP contribution is -2.23. The molecule has 0 bridgehead atoms. The first-order valence-electron chi connectivity index (χ1n) is 6.86. The third-order valence-electron chi connectivity index (χ3n) is 4.05. The summed E-state index contributed by atoms with van der Waals surface area (Å²) in [7, 11) is 0. The van der Waals surface area contributed by atoms with Crippen LogP contribution in [0.2, 0.25) is 0 Å². The molecule has 0 heterocycles. The van der Waals surface area contributed by atoms with E-state index in [2.05, 4.69) is 43.4 Å². The maximum Gasteiger partial charge on any atom is 0.121 e. The van der Waals surface area contributed by atoms with E-state index in [-0.39, 0.29) is 0 Å². The van der Waals surface area contributed by atoms with Crippen molar-refractivity contribution in [1.82, 2.24) is 0 Å². The van der Waals surface area contributed by atoms with Crippen LogP contribution in [0.1, 0.15) is 17.5 Å². The Labute approximate surface area is 134 Å². The van der Waals surface area contributed by atoms with Crippen LogP contribution in [0.15, 0.2) is 53.3 Å². The lowest BCUT2D eigenvalue weighted by molar-refractivity contribution is 0.109. The van der Waals surface area contributed by atoms with Crippen LogP contribution in [0.5, 0.6) is 0 Å². The van der Waals surface area contributed by atoms with Crippen LogP contribution in [0.25, 0.3) is 16.3 Å². The molecular formula is C18H18OS2. The molecule has 1 N–H and O–H groups in total. The second-order valence-corrected chi connectivity index (χ2v) is 7.02. The highest BCUT2D eigenvalue weighted by Crippen LogP contribution is 2.54. The Bertz CT molecular complexity index is 737. The minimum Gasteiger partial charge on any atom is -0.380 e. The number of thioether (sulfide) groups is 2. The fraction of sp³-hybridized carbons (Fsp3) is 0.222. The molecule has 0 saturated heterocycles. The third-order valence-corrected chi connectivity index (χ3v) is 6.20. The van der Waals surface area contributed by atoms with Gasteiger partial charge in [0.05, 0.1) is 0 Å². The summed E-state index contributed by atoms with van der Waals surface area (Å²) in [5.41, 5.74) is 2.23. The zero-order chi connectivity index (χ0) is 15.0. The van der Waals surface area contributed by atoms with Gasteiger partial charge in [-0.1, -0.05) is 42.5 Å². The van der Waals surface area contributed by atoms with Gasteiger partial charge in [0, 0.05) is 16.2 Å². The fourth-order valence-corrected chi connectivity index (χ4v) is 4.87. The zero-order valence-corrected chi connectivity index (χ0v) is 13.9. The highest BCUT2D eigenvalue weighted by atomic mass is 32.2. The van der Waals surface area contributed by atoms with E-state index < -0.39 is 5.60 Å². The second kappa shape index (κ2) is 5.56. The van der Waals surface area contributed by atoms with Crippen molar-refractivity contribution in [3.05, 3.63) is 64.4 Å². The molecule has 1 unspecified atom stereocenters. The summed E-state index contributed by atoms with van der Waals surface area (Å²) in [6, 6.07) is 12.5. The Morgan fingerprint density at radius 2 is 1.86 bits per heavy atom. The molecule has 2 aromatic rings. The Morgan fingerprint density at radius 1 is 1.19 bits per heavy atom. The van der Waals surface area contributed by atoms with Crippen LogP contribution in [0, 0.1) is 0 Å². The quantitative estimate of drug-likeness (QED) is 0.801. The second-order valence-electron chi connectivity index (χ2n) is 5.13. The first-order valence-corrected chi connectivity index (χ1v) is 9.31. The van der Waals surface area contributed by atoms with E-state index in [4.69, 9.17) is 0 Å². The van der Waals surface area contributed by atoms with Gasteiger partial charge in [-0.3, -0.25) is 0 Å². The lowest BCUT2D eigenvalue weighted by atomic mass is 9.88. The van der Waals surface area contributed by atoms with Crippen molar-refractivity contribution in [1.29, 1.82) is 0 Å². The van der Waals surface area contributed by atoms with Crippen molar-refractivity contribution < 1.29 is 5.11 Å². The summed E-state index contributed by atoms with van der Waals surface area (Å²) < 4.78 is 1.17. The Balaban J connectivity index is 2.44. The summed E-state index contributed by atoms with van der Waals surface area (Å²) in [6.45, 7) is 3.85. The molecule has 1 aliphatic carbocycles. The number of hydrogen-bond acceptors (Lipinski definition) is 3. The van der Waals surface area contributed by atoms with Crippen LogP contribution in [-0.4, -0.2) is 17.6 Å². The molecule has 0 spiro atoms. The van der Waals surface area contributed by atoms with Crippen LogP contribution in [0.3, 0.4) is 0 Å². The van der Waals surface area contributed by atoms with Gasteiger partial charge in [-0.05, 0) is 34.4 Å². The van der Waals surface area contributed by atoms with Crippen LogP contribution < -0.4 is 0 Å². The van der Waals surface area contributed by atoms with Gasteiger partial charge in [-0.25, -0.2) is 0 Å². The van der Waals surface area contributed by atoms with Gasteiger partial charge >= 0.3 is 0 Å². The van der Waals surface area contributed by atoms with E-state index in [0.717, 1.165) is 16.7 Å². The van der Waals surface area contributed by atoms with Gasteiger partial charge in [-0.2, -0.15) is 0 Å². The summed E-state index contributed by atoms with van der Waals surface area (Å²) in [6.07, 6.45) is 6.47. The van der Waals surface area contributed by atoms with Crippen LogP contribution in [-0.2, 0) is 5.60 Å². The normalized spacial score (nSPS) is 20.0. The summed E-state index contributed by atoms with van der Waals surface area (Å²) in [5, 5.41) is 13.8. The monoisotopic (exact) mass is 314 g/mol. The number of rotatable bonds is 4. The number of hydrogen-bond donors (Lipinski definition) is 1.